The van der Waals surface area contributed by atoms with Gasteiger partial charge in [0.15, 0.2) is 17.5 Å². The van der Waals surface area contributed by atoms with E-state index in [1.54, 1.807) is 0 Å². The molecule has 23 aromatic carbocycles. The Morgan fingerprint density at radius 2 is 0.412 bits per heavy atom. The van der Waals surface area contributed by atoms with Gasteiger partial charge in [0, 0.05) is 81.9 Å². The molecule has 0 amide bonds. The van der Waals surface area contributed by atoms with Crippen molar-refractivity contribution in [2.24, 2.45) is 0 Å². The van der Waals surface area contributed by atoms with Crippen LogP contribution in [0.2, 0.25) is 0 Å². The van der Waals surface area contributed by atoms with E-state index in [0.717, 1.165) is 160 Å². The summed E-state index contributed by atoms with van der Waals surface area (Å²) in [5, 5.41) is 22.6. The monoisotopic (exact) mass is 1890 g/mol. The van der Waals surface area contributed by atoms with Crippen molar-refractivity contribution in [2.45, 2.75) is 0 Å². The molecule has 0 unspecified atom stereocenters. The third kappa shape index (κ3) is 13.2. The number of aromatic nitrogens is 12. The van der Waals surface area contributed by atoms with Gasteiger partial charge in [0.1, 0.15) is 0 Å². The van der Waals surface area contributed by atoms with Gasteiger partial charge in [-0.1, -0.05) is 418 Å². The second kappa shape index (κ2) is 33.7. The molecule has 0 radical (unpaired) electrons. The molecule has 0 saturated heterocycles. The summed E-state index contributed by atoms with van der Waals surface area (Å²) in [7, 11) is 0. The topological polar surface area (TPSA) is 141 Å². The van der Waals surface area contributed by atoms with Gasteiger partial charge in [-0.3, -0.25) is 28.4 Å². The molecule has 9 heterocycles. The average Bonchev–Trinajstić information content (AvgIpc) is 1.46. The number of benzene rings is 23. The second-order valence-electron chi connectivity index (χ2n) is 37.4. The van der Waals surface area contributed by atoms with E-state index in [-0.39, 0.29) is 35.4 Å². The highest BCUT2D eigenvalue weighted by molar-refractivity contribution is 6.24. The van der Waals surface area contributed by atoms with Crippen molar-refractivity contribution in [1.29, 1.82) is 0 Å². The maximum Gasteiger partial charge on any atom is 0.240 e. The van der Waals surface area contributed by atoms with Gasteiger partial charge < -0.3 is 0 Å². The number of rotatable bonds is 10. The highest BCUT2D eigenvalue weighted by atomic mass is 15.4. The third-order valence-electron chi connectivity index (χ3n) is 29.4. The smallest absolute Gasteiger partial charge is 0.240 e. The molecule has 0 saturated carbocycles. The van der Waals surface area contributed by atoms with E-state index in [1.165, 1.54) is 70.9 Å². The van der Waals surface area contributed by atoms with E-state index in [1.807, 2.05) is 76.2 Å². The number of hydrogen-bond donors (Lipinski definition) is 0. The highest BCUT2D eigenvalue weighted by Crippen LogP contribution is 2.58. The van der Waals surface area contributed by atoms with Gasteiger partial charge in [-0.15, -0.1) is 0 Å². The zero-order valence-electron chi connectivity index (χ0n) is 84.1. The van der Waals surface area contributed by atoms with Crippen molar-refractivity contribution >= 4 is 193 Å². The predicted molar refractivity (Wildman–Crippen MR) is 608 cm³/mol. The van der Waals surface area contributed by atoms with E-state index in [2.05, 4.69) is 413 Å². The summed E-state index contributed by atoms with van der Waals surface area (Å²) in [5.74, 6) is 3.98. The Hall–Kier alpha value is -20.3. The molecular weight excluding hydrogens is 1810 g/mol. The molecule has 15 heteroatoms. The van der Waals surface area contributed by atoms with Crippen molar-refractivity contribution in [3.63, 3.8) is 0 Å². The lowest BCUT2D eigenvalue weighted by Crippen LogP contribution is -2.19. The molecule has 3 aliphatic heterocycles. The van der Waals surface area contributed by atoms with Crippen LogP contribution in [0.25, 0.3) is 237 Å². The normalized spacial score (nSPS) is 12.8. The Kier molecular flexibility index (Phi) is 17.9. The quantitative estimate of drug-likeness (QED) is 0.129. The molecule has 0 atom stereocenters. The van der Waals surface area contributed by atoms with E-state index < -0.39 is 18.1 Å². The first kappa shape index (κ1) is 78.4. The van der Waals surface area contributed by atoms with Crippen LogP contribution in [0.4, 0.5) is 52.0 Å². The summed E-state index contributed by atoms with van der Waals surface area (Å²) in [4.78, 5) is 53.7. The third-order valence-corrected chi connectivity index (χ3v) is 29.4. The maximum atomic E-state index is 8.90. The average molecular weight is 1890 g/mol. The molecule has 0 fully saturated rings. The van der Waals surface area contributed by atoms with Gasteiger partial charge in [-0.25, -0.2) is 0 Å². The molecule has 148 heavy (non-hydrogen) atoms. The van der Waals surface area contributed by atoms with Crippen molar-refractivity contribution in [1.82, 2.24) is 58.6 Å². The minimum absolute atomic E-state index is 0.0257. The largest absolute Gasteiger partial charge is 0.278 e. The molecule has 29 aromatic rings. The minimum Gasteiger partial charge on any atom is -0.278 e. The maximum absolute atomic E-state index is 8.90. The molecule has 688 valence electrons. The fourth-order valence-corrected chi connectivity index (χ4v) is 23.0. The second-order valence-corrected chi connectivity index (χ2v) is 37.4. The van der Waals surface area contributed by atoms with Crippen molar-refractivity contribution < 1.29 is 6.85 Å². The van der Waals surface area contributed by atoms with Gasteiger partial charge in [-0.05, 0) is 160 Å². The number of hydrogen-bond acceptors (Lipinski definition) is 12. The number of fused-ring (bicyclic) bond motifs is 22. The standard InChI is InChI=1S/C47H29N5.C45H27N5.C41H25N5/c1-2-12-30(13-3-1)31-24-26-34(27-25-31)45-48-46(51-39-21-8-6-18-36(39)37-19-7-9-22-40(37)51)50-47(49-45)52-41-23-11-16-33-15-10-20-38(43(33)41)44-35-17-5-4-14-32(35)28-29-42(44)52;1-3-17-31-28(12-1)14-9-21-35(31)43-46-44(49-37-23-7-5-19-33(37)34-20-6-8-24-38(34)49)48-45(47-43)50-39-25-11-16-30-15-10-22-36(41(30)39)42-32-18-4-2-13-29(32)26-27-40(42)50;1-2-13-28(14-3-1)39-42-40(45-33-21-8-6-18-30(33)31-19-7-9-22-34(31)45)44-41(43-39)46-35-23-11-16-27-15-10-20-32(37(27)35)38-29-17-5-4-12-26(29)24-25-36(38)46/h1-29H;1-27H;1-25H/i;;1D,2D,3D,13D,14D. The summed E-state index contributed by atoms with van der Waals surface area (Å²) in [6, 6.07) is 159. The lowest BCUT2D eigenvalue weighted by molar-refractivity contribution is 0.933. The van der Waals surface area contributed by atoms with Gasteiger partial charge in [-0.2, -0.15) is 44.9 Å². The van der Waals surface area contributed by atoms with E-state index >= 15 is 0 Å². The van der Waals surface area contributed by atoms with Crippen molar-refractivity contribution in [3.05, 3.63) is 491 Å². The predicted octanol–water partition coefficient (Wildman–Crippen LogP) is 34.0. The van der Waals surface area contributed by atoms with Crippen molar-refractivity contribution in [3.8, 4) is 96.5 Å². The van der Waals surface area contributed by atoms with Crippen LogP contribution in [0, 0.1) is 0 Å². The van der Waals surface area contributed by atoms with Crippen LogP contribution in [0.3, 0.4) is 0 Å². The first-order valence-electron chi connectivity index (χ1n) is 52.0. The van der Waals surface area contributed by atoms with E-state index in [0.29, 0.717) is 35.4 Å². The first-order chi connectivity index (χ1) is 75.5. The van der Waals surface area contributed by atoms with E-state index in [4.69, 9.17) is 51.7 Å². The van der Waals surface area contributed by atoms with Crippen LogP contribution in [-0.4, -0.2) is 58.6 Å². The van der Waals surface area contributed by atoms with Gasteiger partial charge in [0.05, 0.1) is 74.1 Å². The Morgan fingerprint density at radius 1 is 0.155 bits per heavy atom. The van der Waals surface area contributed by atoms with Crippen molar-refractivity contribution in [2.75, 3.05) is 14.7 Å². The molecule has 15 nitrogen and oxygen atoms in total. The molecule has 0 N–H and O–H groups in total. The fourth-order valence-electron chi connectivity index (χ4n) is 23.0. The number of para-hydroxylation sites is 6. The molecule has 6 aromatic heterocycles. The zero-order valence-corrected chi connectivity index (χ0v) is 79.1. The van der Waals surface area contributed by atoms with Crippen LogP contribution in [-0.2, 0) is 0 Å². The van der Waals surface area contributed by atoms with Gasteiger partial charge in [0.2, 0.25) is 35.7 Å². The summed E-state index contributed by atoms with van der Waals surface area (Å²) in [5.41, 5.74) is 22.8. The van der Waals surface area contributed by atoms with Gasteiger partial charge >= 0.3 is 0 Å². The highest BCUT2D eigenvalue weighted by Gasteiger charge is 2.36. The number of anilines is 9. The Bertz CT molecular complexity index is 10700. The van der Waals surface area contributed by atoms with Gasteiger partial charge in [0.25, 0.3) is 0 Å². The Morgan fingerprint density at radius 3 is 0.777 bits per heavy atom. The Balaban J connectivity index is 0.000000105. The number of nitrogens with zero attached hydrogens (tertiary/aromatic N) is 15. The lowest BCUT2D eigenvalue weighted by atomic mass is 9.88. The first-order valence-corrected chi connectivity index (χ1v) is 49.5. The van der Waals surface area contributed by atoms with Crippen LogP contribution >= 0.6 is 0 Å². The summed E-state index contributed by atoms with van der Waals surface area (Å²) < 4.78 is 49.3. The summed E-state index contributed by atoms with van der Waals surface area (Å²) >= 11 is 0. The molecule has 0 bridgehead atoms. The van der Waals surface area contributed by atoms with Crippen LogP contribution in [0.1, 0.15) is 6.85 Å². The van der Waals surface area contributed by atoms with Crippen LogP contribution in [0.15, 0.2) is 491 Å². The molecule has 3 aliphatic rings. The molecule has 0 spiro atoms. The minimum atomic E-state index is -0.481. The van der Waals surface area contributed by atoms with Crippen LogP contribution in [0.5, 0.6) is 0 Å². The Labute approximate surface area is 855 Å². The summed E-state index contributed by atoms with van der Waals surface area (Å²) in [6.07, 6.45) is 0. The lowest BCUT2D eigenvalue weighted by Gasteiger charge is -2.33. The van der Waals surface area contributed by atoms with E-state index in [9.17, 15) is 0 Å². The SMILES string of the molecule is [2H]c1c([2H])c([2H])c(-c2nc(N3c4ccc5ccccc5c4-c4cccc5cccc3c45)nc(-n3c4ccccc4c4ccccc43)n2)c([2H])c1[2H].c1ccc(-c2ccc(-c3nc(N4c5ccc6ccccc6c5-c5cccc6cccc4c56)nc(-n4c5ccccc5c5ccccc54)n3)cc2)cc1.c1ccc2c(-c3nc(N4c5ccc6ccccc6c5-c5cccc6cccc4c56)nc(-n4c5ccccc5c5ccccc54)n3)cccc2c1. The molecule has 0 aliphatic carbocycles. The molecule has 32 rings (SSSR count). The summed E-state index contributed by atoms with van der Waals surface area (Å²) in [6.45, 7) is 0. The fraction of sp³-hybridized carbons (Fsp3) is 0. The molecular formula is C133H81N15. The van der Waals surface area contributed by atoms with Crippen LogP contribution < -0.4 is 14.7 Å². The zero-order chi connectivity index (χ0) is 101.